The van der Waals surface area contributed by atoms with Gasteiger partial charge in [0.1, 0.15) is 0 Å². The van der Waals surface area contributed by atoms with E-state index in [1.165, 1.54) is 34.1 Å². The van der Waals surface area contributed by atoms with Gasteiger partial charge < -0.3 is 28.7 Å². The van der Waals surface area contributed by atoms with E-state index in [4.69, 9.17) is 23.4 Å². The van der Waals surface area contributed by atoms with Crippen LogP contribution in [0.1, 0.15) is 30.5 Å². The van der Waals surface area contributed by atoms with Gasteiger partial charge in [-0.05, 0) is 42.3 Å². The molecule has 0 aliphatic heterocycles. The SMILES string of the molecule is COc1ccc(CNC(=O)Cc2c(C)c3ccc(OC(C)=O)c(OC(C)=O)c3oc2=O)cc1OC. The third-order valence-corrected chi connectivity index (χ3v) is 5.15. The highest BCUT2D eigenvalue weighted by Crippen LogP contribution is 2.37. The average molecular weight is 483 g/mol. The lowest BCUT2D eigenvalue weighted by atomic mass is 10.0. The molecule has 0 radical (unpaired) electrons. The number of esters is 2. The number of benzene rings is 2. The number of fused-ring (bicyclic) bond motifs is 1. The van der Waals surface area contributed by atoms with Gasteiger partial charge in [-0.15, -0.1) is 0 Å². The molecule has 0 fully saturated rings. The predicted octanol–water partition coefficient (Wildman–Crippen LogP) is 2.83. The molecule has 0 bridgehead atoms. The lowest BCUT2D eigenvalue weighted by molar-refractivity contribution is -0.134. The minimum atomic E-state index is -0.773. The Morgan fingerprint density at radius 1 is 0.914 bits per heavy atom. The molecule has 3 rings (SSSR count). The van der Waals surface area contributed by atoms with E-state index in [1.54, 1.807) is 31.2 Å². The van der Waals surface area contributed by atoms with Crippen molar-refractivity contribution in [2.75, 3.05) is 14.2 Å². The Hall–Kier alpha value is -4.34. The van der Waals surface area contributed by atoms with E-state index in [2.05, 4.69) is 5.32 Å². The van der Waals surface area contributed by atoms with E-state index >= 15 is 0 Å². The highest BCUT2D eigenvalue weighted by atomic mass is 16.6. The average Bonchev–Trinajstić information content (AvgIpc) is 2.81. The van der Waals surface area contributed by atoms with Crippen LogP contribution in [0.5, 0.6) is 23.0 Å². The Balaban J connectivity index is 1.88. The minimum absolute atomic E-state index is 0.0593. The summed E-state index contributed by atoms with van der Waals surface area (Å²) in [5, 5.41) is 3.19. The summed E-state index contributed by atoms with van der Waals surface area (Å²) in [4.78, 5) is 48.4. The lowest BCUT2D eigenvalue weighted by Crippen LogP contribution is -2.27. The molecule has 10 nitrogen and oxygen atoms in total. The van der Waals surface area contributed by atoms with Gasteiger partial charge in [0.15, 0.2) is 22.8 Å². The normalized spacial score (nSPS) is 10.5. The highest BCUT2D eigenvalue weighted by molar-refractivity contribution is 5.92. The molecule has 0 atom stereocenters. The molecule has 1 heterocycles. The van der Waals surface area contributed by atoms with Gasteiger partial charge >= 0.3 is 17.6 Å². The van der Waals surface area contributed by atoms with Gasteiger partial charge in [-0.2, -0.15) is 0 Å². The molecule has 3 aromatic rings. The van der Waals surface area contributed by atoms with Crippen LogP contribution < -0.4 is 29.9 Å². The topological polar surface area (TPSA) is 130 Å². The van der Waals surface area contributed by atoms with Crippen molar-refractivity contribution in [3.8, 4) is 23.0 Å². The largest absolute Gasteiger partial charge is 0.493 e. The summed E-state index contributed by atoms with van der Waals surface area (Å²) in [6, 6.07) is 8.24. The van der Waals surface area contributed by atoms with Crippen LogP contribution in [0.4, 0.5) is 0 Å². The van der Waals surface area contributed by atoms with Crippen molar-refractivity contribution >= 4 is 28.8 Å². The van der Waals surface area contributed by atoms with Crippen molar-refractivity contribution in [3.63, 3.8) is 0 Å². The zero-order chi connectivity index (χ0) is 25.7. The summed E-state index contributed by atoms with van der Waals surface area (Å²) in [7, 11) is 3.05. The Morgan fingerprint density at radius 3 is 2.20 bits per heavy atom. The van der Waals surface area contributed by atoms with Crippen molar-refractivity contribution in [1.82, 2.24) is 5.32 Å². The molecule has 0 saturated carbocycles. The third-order valence-electron chi connectivity index (χ3n) is 5.15. The second kappa shape index (κ2) is 10.7. The fourth-order valence-electron chi connectivity index (χ4n) is 3.51. The Kier molecular flexibility index (Phi) is 7.75. The van der Waals surface area contributed by atoms with Crippen LogP contribution >= 0.6 is 0 Å². The molecular formula is C25H25NO9. The molecule has 1 amide bonds. The van der Waals surface area contributed by atoms with Gasteiger partial charge in [-0.1, -0.05) is 6.07 Å². The standard InChI is InChI=1S/C25H25NO9/c1-13-17-7-9-20(33-14(2)27)24(34-15(3)28)23(17)35-25(30)18(13)11-22(29)26-12-16-6-8-19(31-4)21(10-16)32-5/h6-10H,11-12H2,1-5H3,(H,26,29). The van der Waals surface area contributed by atoms with Crippen LogP contribution in [0.15, 0.2) is 39.5 Å². The number of nitrogens with one attached hydrogen (secondary N) is 1. The van der Waals surface area contributed by atoms with Gasteiger partial charge in [0.2, 0.25) is 11.7 Å². The molecule has 0 unspecified atom stereocenters. The number of amides is 1. The zero-order valence-corrected chi connectivity index (χ0v) is 20.0. The number of carbonyl (C=O) groups excluding carboxylic acids is 3. The van der Waals surface area contributed by atoms with Crippen LogP contribution in [0.3, 0.4) is 0 Å². The second-order valence-electron chi connectivity index (χ2n) is 7.59. The van der Waals surface area contributed by atoms with Crippen molar-refractivity contribution in [1.29, 1.82) is 0 Å². The quantitative estimate of drug-likeness (QED) is 0.292. The summed E-state index contributed by atoms with van der Waals surface area (Å²) in [5.74, 6) is -0.882. The van der Waals surface area contributed by atoms with Crippen LogP contribution in [0.25, 0.3) is 11.0 Å². The maximum absolute atomic E-state index is 12.8. The van der Waals surface area contributed by atoms with E-state index in [0.717, 1.165) is 5.56 Å². The lowest BCUT2D eigenvalue weighted by Gasteiger charge is -2.13. The highest BCUT2D eigenvalue weighted by Gasteiger charge is 2.22. The Morgan fingerprint density at radius 2 is 1.57 bits per heavy atom. The van der Waals surface area contributed by atoms with E-state index in [9.17, 15) is 19.2 Å². The van der Waals surface area contributed by atoms with Gasteiger partial charge in [0, 0.05) is 25.8 Å². The number of hydrogen-bond acceptors (Lipinski definition) is 9. The Bertz CT molecular complexity index is 1360. The first-order chi connectivity index (χ1) is 16.6. The number of carbonyl (C=O) groups is 3. The third kappa shape index (κ3) is 5.78. The van der Waals surface area contributed by atoms with Crippen molar-refractivity contribution < 1.29 is 37.7 Å². The fraction of sp³-hybridized carbons (Fsp3) is 0.280. The number of aryl methyl sites for hydroxylation is 1. The number of hydrogen-bond donors (Lipinski definition) is 1. The molecule has 1 aromatic heterocycles. The summed E-state index contributed by atoms with van der Waals surface area (Å²) in [6.45, 7) is 4.21. The molecule has 0 aliphatic rings. The van der Waals surface area contributed by atoms with E-state index in [-0.39, 0.29) is 35.6 Å². The summed E-state index contributed by atoms with van der Waals surface area (Å²) in [6.07, 6.45) is -0.230. The molecule has 35 heavy (non-hydrogen) atoms. The predicted molar refractivity (Wildman–Crippen MR) is 125 cm³/mol. The van der Waals surface area contributed by atoms with Gasteiger partial charge in [-0.3, -0.25) is 14.4 Å². The van der Waals surface area contributed by atoms with Crippen LogP contribution in [0.2, 0.25) is 0 Å². The summed E-state index contributed by atoms with van der Waals surface area (Å²) in [5.41, 5.74) is 0.569. The van der Waals surface area contributed by atoms with Crippen LogP contribution in [-0.2, 0) is 27.3 Å². The maximum Gasteiger partial charge on any atom is 0.340 e. The van der Waals surface area contributed by atoms with Gasteiger partial charge in [0.25, 0.3) is 0 Å². The summed E-state index contributed by atoms with van der Waals surface area (Å²) < 4.78 is 26.1. The van der Waals surface area contributed by atoms with E-state index in [1.807, 2.05) is 0 Å². The molecule has 1 N–H and O–H groups in total. The first-order valence-electron chi connectivity index (χ1n) is 10.6. The molecular weight excluding hydrogens is 458 g/mol. The molecule has 0 aliphatic carbocycles. The number of methoxy groups -OCH3 is 2. The van der Waals surface area contributed by atoms with Gasteiger partial charge in [0.05, 0.1) is 26.2 Å². The molecule has 184 valence electrons. The van der Waals surface area contributed by atoms with E-state index < -0.39 is 23.5 Å². The van der Waals surface area contributed by atoms with Crippen LogP contribution in [-0.4, -0.2) is 32.1 Å². The first-order valence-corrected chi connectivity index (χ1v) is 10.6. The Labute approximate surface area is 200 Å². The summed E-state index contributed by atoms with van der Waals surface area (Å²) >= 11 is 0. The monoisotopic (exact) mass is 483 g/mol. The fourth-order valence-corrected chi connectivity index (χ4v) is 3.51. The first kappa shape index (κ1) is 25.3. The van der Waals surface area contributed by atoms with Crippen molar-refractivity contribution in [2.45, 2.75) is 33.7 Å². The molecule has 10 heteroatoms. The van der Waals surface area contributed by atoms with E-state index in [0.29, 0.717) is 22.4 Å². The smallest absolute Gasteiger partial charge is 0.340 e. The number of rotatable bonds is 8. The molecule has 0 spiro atoms. The maximum atomic E-state index is 12.8. The minimum Gasteiger partial charge on any atom is -0.493 e. The second-order valence-corrected chi connectivity index (χ2v) is 7.59. The molecule has 0 saturated heterocycles. The van der Waals surface area contributed by atoms with Crippen molar-refractivity contribution in [3.05, 3.63) is 57.4 Å². The van der Waals surface area contributed by atoms with Gasteiger partial charge in [-0.25, -0.2) is 4.79 Å². The number of ether oxygens (including phenoxy) is 4. The van der Waals surface area contributed by atoms with Crippen molar-refractivity contribution in [2.24, 2.45) is 0 Å². The zero-order valence-electron chi connectivity index (χ0n) is 20.0. The van der Waals surface area contributed by atoms with Crippen LogP contribution in [0, 0.1) is 6.92 Å². The molecule has 2 aromatic carbocycles.